The molecule has 0 aliphatic heterocycles. The Hall–Kier alpha value is -0.740. The third kappa shape index (κ3) is 3.55. The summed E-state index contributed by atoms with van der Waals surface area (Å²) in [6.45, 7) is 0. The first-order chi connectivity index (χ1) is 6.38. The van der Waals surface area contributed by atoms with Gasteiger partial charge < -0.3 is 5.73 Å². The Kier molecular flexibility index (Phi) is 3.39. The average molecular weight is 224 g/mol. The van der Waals surface area contributed by atoms with Crippen LogP contribution in [0.2, 0.25) is 5.02 Å². The maximum Gasteiger partial charge on any atom is 0.390 e. The minimum Gasteiger partial charge on any atom is -0.324 e. The molecular formula is C9H9ClF3N. The number of alkyl halides is 3. The first-order valence-electron chi connectivity index (χ1n) is 3.96. The van der Waals surface area contributed by atoms with Gasteiger partial charge in [-0.15, -0.1) is 0 Å². The van der Waals surface area contributed by atoms with E-state index in [-0.39, 0.29) is 0 Å². The van der Waals surface area contributed by atoms with E-state index in [0.717, 1.165) is 0 Å². The van der Waals surface area contributed by atoms with Crippen LogP contribution >= 0.6 is 11.6 Å². The third-order valence-electron chi connectivity index (χ3n) is 1.73. The molecule has 0 bridgehead atoms. The fourth-order valence-corrected chi connectivity index (χ4v) is 1.30. The van der Waals surface area contributed by atoms with Crippen LogP contribution in [0, 0.1) is 0 Å². The maximum absolute atomic E-state index is 12.0. The Bertz CT molecular complexity index is 311. The fraction of sp³-hybridized carbons (Fsp3) is 0.333. The molecule has 1 aromatic rings. The van der Waals surface area contributed by atoms with E-state index >= 15 is 0 Å². The van der Waals surface area contributed by atoms with E-state index in [0.29, 0.717) is 10.6 Å². The van der Waals surface area contributed by atoms with Crippen LogP contribution in [0.5, 0.6) is 0 Å². The van der Waals surface area contributed by atoms with Gasteiger partial charge in [0.15, 0.2) is 0 Å². The van der Waals surface area contributed by atoms with Gasteiger partial charge in [0.05, 0.1) is 6.42 Å². The molecule has 0 spiro atoms. The van der Waals surface area contributed by atoms with E-state index in [1.54, 1.807) is 12.1 Å². The Morgan fingerprint density at radius 1 is 1.36 bits per heavy atom. The number of nitrogens with two attached hydrogens (primary N) is 1. The molecule has 1 atom stereocenters. The number of rotatable bonds is 2. The molecule has 0 unspecified atom stereocenters. The van der Waals surface area contributed by atoms with Crippen LogP contribution < -0.4 is 5.73 Å². The van der Waals surface area contributed by atoms with Crippen molar-refractivity contribution in [3.63, 3.8) is 0 Å². The summed E-state index contributed by atoms with van der Waals surface area (Å²) >= 11 is 5.62. The smallest absolute Gasteiger partial charge is 0.324 e. The minimum absolute atomic E-state index is 0.389. The topological polar surface area (TPSA) is 26.0 Å². The predicted molar refractivity (Wildman–Crippen MR) is 49.1 cm³/mol. The normalized spacial score (nSPS) is 14.1. The maximum atomic E-state index is 12.0. The minimum atomic E-state index is -4.25. The van der Waals surface area contributed by atoms with Crippen LogP contribution in [0.3, 0.4) is 0 Å². The molecule has 0 aliphatic carbocycles. The van der Waals surface area contributed by atoms with Crippen molar-refractivity contribution in [2.24, 2.45) is 5.73 Å². The van der Waals surface area contributed by atoms with Crippen molar-refractivity contribution < 1.29 is 13.2 Å². The summed E-state index contributed by atoms with van der Waals surface area (Å²) in [5, 5.41) is 0.389. The summed E-state index contributed by atoms with van der Waals surface area (Å²) in [6.07, 6.45) is -5.28. The van der Waals surface area contributed by atoms with Crippen molar-refractivity contribution in [1.82, 2.24) is 0 Å². The highest BCUT2D eigenvalue weighted by Crippen LogP contribution is 2.28. The zero-order valence-corrected chi connectivity index (χ0v) is 7.94. The number of hydrogen-bond donors (Lipinski definition) is 1. The summed E-state index contributed by atoms with van der Waals surface area (Å²) < 4.78 is 35.9. The lowest BCUT2D eigenvalue weighted by atomic mass is 10.0. The van der Waals surface area contributed by atoms with E-state index in [1.807, 2.05) is 0 Å². The molecule has 78 valence electrons. The number of hydrogen-bond acceptors (Lipinski definition) is 1. The van der Waals surface area contributed by atoms with E-state index in [9.17, 15) is 13.2 Å². The summed E-state index contributed by atoms with van der Waals surface area (Å²) in [7, 11) is 0. The van der Waals surface area contributed by atoms with Crippen LogP contribution in [0.15, 0.2) is 24.3 Å². The first-order valence-corrected chi connectivity index (χ1v) is 4.34. The molecule has 0 radical (unpaired) electrons. The van der Waals surface area contributed by atoms with Gasteiger partial charge >= 0.3 is 6.18 Å². The average Bonchev–Trinajstić information content (AvgIpc) is 2.01. The van der Waals surface area contributed by atoms with Crippen molar-refractivity contribution in [3.05, 3.63) is 34.9 Å². The molecule has 2 N–H and O–H groups in total. The van der Waals surface area contributed by atoms with Gasteiger partial charge in [0.1, 0.15) is 0 Å². The van der Waals surface area contributed by atoms with Crippen LogP contribution in [0.1, 0.15) is 18.0 Å². The van der Waals surface area contributed by atoms with Crippen LogP contribution in [0.4, 0.5) is 13.2 Å². The highest BCUT2D eigenvalue weighted by atomic mass is 35.5. The van der Waals surface area contributed by atoms with E-state index in [2.05, 4.69) is 0 Å². The lowest BCUT2D eigenvalue weighted by Crippen LogP contribution is -2.20. The largest absolute Gasteiger partial charge is 0.390 e. The Labute approximate surface area is 84.7 Å². The lowest BCUT2D eigenvalue weighted by Gasteiger charge is -2.14. The number of benzene rings is 1. The van der Waals surface area contributed by atoms with Crippen LogP contribution in [-0.4, -0.2) is 6.18 Å². The molecule has 0 saturated heterocycles. The molecule has 0 heterocycles. The second kappa shape index (κ2) is 4.19. The monoisotopic (exact) mass is 223 g/mol. The van der Waals surface area contributed by atoms with Crippen LogP contribution in [0.25, 0.3) is 0 Å². The molecule has 0 aromatic heterocycles. The first kappa shape index (κ1) is 11.3. The molecule has 14 heavy (non-hydrogen) atoms. The van der Waals surface area contributed by atoms with Gasteiger partial charge in [-0.3, -0.25) is 0 Å². The standard InChI is InChI=1S/C9H9ClF3N/c10-7-3-1-2-6(4-7)8(14)5-9(11,12)13/h1-4,8H,5,14H2/t8-/m0/s1. The third-order valence-corrected chi connectivity index (χ3v) is 1.96. The van der Waals surface area contributed by atoms with Gasteiger partial charge in [-0.2, -0.15) is 13.2 Å². The summed E-state index contributed by atoms with van der Waals surface area (Å²) in [4.78, 5) is 0. The lowest BCUT2D eigenvalue weighted by molar-refractivity contribution is -0.138. The summed E-state index contributed by atoms with van der Waals surface area (Å²) in [5.74, 6) is 0. The van der Waals surface area contributed by atoms with Gasteiger partial charge in [-0.25, -0.2) is 0 Å². The second-order valence-corrected chi connectivity index (χ2v) is 3.42. The molecule has 0 aliphatic rings. The predicted octanol–water partition coefficient (Wildman–Crippen LogP) is 3.29. The van der Waals surface area contributed by atoms with E-state index < -0.39 is 18.6 Å². The van der Waals surface area contributed by atoms with Gasteiger partial charge in [-0.05, 0) is 17.7 Å². The number of halogens is 4. The van der Waals surface area contributed by atoms with Gasteiger partial charge in [0.2, 0.25) is 0 Å². The van der Waals surface area contributed by atoms with Crippen molar-refractivity contribution in [2.45, 2.75) is 18.6 Å². The zero-order chi connectivity index (χ0) is 10.8. The molecule has 5 heteroatoms. The zero-order valence-electron chi connectivity index (χ0n) is 7.18. The van der Waals surface area contributed by atoms with E-state index in [1.165, 1.54) is 12.1 Å². The van der Waals surface area contributed by atoms with Crippen LogP contribution in [-0.2, 0) is 0 Å². The molecule has 0 amide bonds. The van der Waals surface area contributed by atoms with Crippen molar-refractivity contribution in [1.29, 1.82) is 0 Å². The van der Waals surface area contributed by atoms with Crippen molar-refractivity contribution in [3.8, 4) is 0 Å². The Morgan fingerprint density at radius 2 is 2.00 bits per heavy atom. The van der Waals surface area contributed by atoms with E-state index in [4.69, 9.17) is 17.3 Å². The quantitative estimate of drug-likeness (QED) is 0.818. The molecule has 1 rings (SSSR count). The SMILES string of the molecule is N[C@@H](CC(F)(F)F)c1cccc(Cl)c1. The Balaban J connectivity index is 2.74. The fourth-order valence-electron chi connectivity index (χ4n) is 1.10. The molecule has 0 saturated carbocycles. The second-order valence-electron chi connectivity index (χ2n) is 2.98. The highest BCUT2D eigenvalue weighted by molar-refractivity contribution is 6.30. The summed E-state index contributed by atoms with van der Waals surface area (Å²) in [6, 6.07) is 5.09. The molecule has 0 fully saturated rings. The molecular weight excluding hydrogens is 215 g/mol. The Morgan fingerprint density at radius 3 is 2.50 bits per heavy atom. The summed E-state index contributed by atoms with van der Waals surface area (Å²) in [5.41, 5.74) is 5.77. The molecule has 1 aromatic carbocycles. The van der Waals surface area contributed by atoms with Gasteiger partial charge in [0, 0.05) is 11.1 Å². The van der Waals surface area contributed by atoms with Gasteiger partial charge in [0.25, 0.3) is 0 Å². The highest BCUT2D eigenvalue weighted by Gasteiger charge is 2.30. The molecule has 1 nitrogen and oxygen atoms in total. The van der Waals surface area contributed by atoms with Gasteiger partial charge in [-0.1, -0.05) is 23.7 Å². The van der Waals surface area contributed by atoms with Crippen molar-refractivity contribution >= 4 is 11.6 Å². The van der Waals surface area contributed by atoms with Crippen molar-refractivity contribution in [2.75, 3.05) is 0 Å².